The largest absolute Gasteiger partial charge is 0.243 e. The molecular formula is C6H5ClNO2S. The topological polar surface area (TPSA) is 47.0 Å². The number of nitrogens with zero attached hydrogens (tertiary/aromatic N) is 1. The predicted octanol–water partition coefficient (Wildman–Crippen LogP) is 0.939. The van der Waals surface area contributed by atoms with Gasteiger partial charge in [-0.3, -0.25) is 0 Å². The van der Waals surface area contributed by atoms with Gasteiger partial charge in [0.2, 0.25) is 0 Å². The fourth-order valence-corrected chi connectivity index (χ4v) is 1.79. The first-order valence-corrected chi connectivity index (χ1v) is 5.00. The van der Waals surface area contributed by atoms with Crippen molar-refractivity contribution >= 4 is 21.4 Å². The van der Waals surface area contributed by atoms with E-state index in [0.29, 0.717) is 0 Å². The van der Waals surface area contributed by atoms with E-state index in [4.69, 9.17) is 11.6 Å². The molecule has 1 heterocycles. The van der Waals surface area contributed by atoms with Crippen LogP contribution in [0.15, 0.2) is 17.3 Å². The Labute approximate surface area is 69.9 Å². The van der Waals surface area contributed by atoms with Crippen molar-refractivity contribution in [2.45, 2.75) is 5.03 Å². The summed E-state index contributed by atoms with van der Waals surface area (Å²) in [7, 11) is -3.30. The van der Waals surface area contributed by atoms with E-state index < -0.39 is 9.84 Å². The van der Waals surface area contributed by atoms with Crippen LogP contribution in [0.25, 0.3) is 0 Å². The third-order valence-corrected chi connectivity index (χ3v) is 2.45. The summed E-state index contributed by atoms with van der Waals surface area (Å²) >= 11 is 5.54. The lowest BCUT2D eigenvalue weighted by molar-refractivity contribution is 0.598. The number of rotatable bonds is 1. The van der Waals surface area contributed by atoms with Crippen LogP contribution >= 0.6 is 11.6 Å². The van der Waals surface area contributed by atoms with Crippen molar-refractivity contribution in [3.63, 3.8) is 0 Å². The summed E-state index contributed by atoms with van der Waals surface area (Å²) in [5.41, 5.74) is 0. The van der Waals surface area contributed by atoms with E-state index in [0.717, 1.165) is 6.26 Å². The summed E-state index contributed by atoms with van der Waals surface area (Å²) in [4.78, 5) is 3.57. The van der Waals surface area contributed by atoms with Crippen LogP contribution in [0, 0.1) is 6.07 Å². The van der Waals surface area contributed by atoms with Crippen LogP contribution in [0.2, 0.25) is 5.02 Å². The van der Waals surface area contributed by atoms with Crippen molar-refractivity contribution in [2.75, 3.05) is 6.26 Å². The van der Waals surface area contributed by atoms with E-state index in [9.17, 15) is 8.42 Å². The zero-order chi connectivity index (χ0) is 8.48. The maximum Gasteiger partial charge on any atom is 0.194 e. The molecule has 0 aromatic carbocycles. The molecular weight excluding hydrogens is 186 g/mol. The number of pyridine rings is 1. The van der Waals surface area contributed by atoms with E-state index in [1.165, 1.54) is 12.3 Å². The first kappa shape index (κ1) is 8.49. The first-order valence-electron chi connectivity index (χ1n) is 2.73. The van der Waals surface area contributed by atoms with Crippen molar-refractivity contribution < 1.29 is 8.42 Å². The molecule has 1 aromatic rings. The van der Waals surface area contributed by atoms with Crippen LogP contribution in [-0.4, -0.2) is 19.7 Å². The summed E-state index contributed by atoms with van der Waals surface area (Å²) in [6.45, 7) is 0. The van der Waals surface area contributed by atoms with Crippen molar-refractivity contribution in [1.29, 1.82) is 0 Å². The molecule has 0 N–H and O–H groups in total. The Bertz CT molecular complexity index is 361. The van der Waals surface area contributed by atoms with Gasteiger partial charge in [-0.25, -0.2) is 13.4 Å². The molecule has 59 valence electrons. The lowest BCUT2D eigenvalue weighted by atomic mass is 10.5. The molecule has 0 unspecified atom stereocenters. The summed E-state index contributed by atoms with van der Waals surface area (Å²) in [5.74, 6) is 0. The highest BCUT2D eigenvalue weighted by atomic mass is 35.5. The molecule has 0 aliphatic heterocycles. The summed E-state index contributed by atoms with van der Waals surface area (Å²) in [6.07, 6.45) is 2.32. The Hall–Kier alpha value is -0.610. The van der Waals surface area contributed by atoms with Crippen molar-refractivity contribution in [3.05, 3.63) is 23.4 Å². The predicted molar refractivity (Wildman–Crippen MR) is 41.2 cm³/mol. The van der Waals surface area contributed by atoms with Gasteiger partial charge < -0.3 is 0 Å². The molecule has 1 aromatic heterocycles. The molecule has 0 spiro atoms. The van der Waals surface area contributed by atoms with Gasteiger partial charge in [-0.05, 0) is 6.07 Å². The van der Waals surface area contributed by atoms with Gasteiger partial charge in [0.15, 0.2) is 14.9 Å². The molecule has 1 rings (SSSR count). The molecule has 0 aliphatic carbocycles. The average molecular weight is 191 g/mol. The zero-order valence-electron chi connectivity index (χ0n) is 5.70. The van der Waals surface area contributed by atoms with Gasteiger partial charge in [0, 0.05) is 18.5 Å². The highest BCUT2D eigenvalue weighted by molar-refractivity contribution is 7.90. The van der Waals surface area contributed by atoms with Crippen LogP contribution in [0.5, 0.6) is 0 Å². The SMILES string of the molecule is CS(=O)(=O)c1nc[c]cc1Cl. The molecule has 0 aliphatic rings. The molecule has 1 radical (unpaired) electrons. The third-order valence-electron chi connectivity index (χ3n) is 1.02. The maximum absolute atomic E-state index is 10.9. The van der Waals surface area contributed by atoms with Gasteiger partial charge in [0.1, 0.15) is 0 Å². The van der Waals surface area contributed by atoms with Crippen LogP contribution in [0.1, 0.15) is 0 Å². The fourth-order valence-electron chi connectivity index (χ4n) is 0.603. The lowest BCUT2D eigenvalue weighted by Gasteiger charge is -1.96. The molecule has 0 bridgehead atoms. The Morgan fingerprint density at radius 2 is 2.27 bits per heavy atom. The van der Waals surface area contributed by atoms with Gasteiger partial charge in [-0.1, -0.05) is 11.6 Å². The monoisotopic (exact) mass is 190 g/mol. The van der Waals surface area contributed by atoms with Gasteiger partial charge >= 0.3 is 0 Å². The second-order valence-corrected chi connectivity index (χ2v) is 4.33. The van der Waals surface area contributed by atoms with Gasteiger partial charge in [-0.15, -0.1) is 0 Å². The Morgan fingerprint density at radius 1 is 1.64 bits per heavy atom. The Balaban J connectivity index is 3.37. The number of hydrogen-bond donors (Lipinski definition) is 0. The molecule has 0 atom stereocenters. The van der Waals surface area contributed by atoms with Gasteiger partial charge in [0.25, 0.3) is 0 Å². The minimum absolute atomic E-state index is 0.0992. The molecule has 3 nitrogen and oxygen atoms in total. The summed E-state index contributed by atoms with van der Waals surface area (Å²) < 4.78 is 21.8. The zero-order valence-corrected chi connectivity index (χ0v) is 7.28. The quantitative estimate of drug-likeness (QED) is 0.662. The number of hydrogen-bond acceptors (Lipinski definition) is 3. The van der Waals surface area contributed by atoms with Crippen LogP contribution in [-0.2, 0) is 9.84 Å². The lowest BCUT2D eigenvalue weighted by Crippen LogP contribution is -2.00. The molecule has 0 saturated carbocycles. The molecule has 0 saturated heterocycles. The van der Waals surface area contributed by atoms with Crippen molar-refractivity contribution in [3.8, 4) is 0 Å². The highest BCUT2D eigenvalue weighted by Gasteiger charge is 2.11. The second kappa shape index (κ2) is 2.79. The highest BCUT2D eigenvalue weighted by Crippen LogP contribution is 2.16. The molecule has 5 heteroatoms. The van der Waals surface area contributed by atoms with E-state index in [1.54, 1.807) is 0 Å². The van der Waals surface area contributed by atoms with Gasteiger partial charge in [-0.2, -0.15) is 0 Å². The molecule has 0 fully saturated rings. The first-order chi connectivity index (χ1) is 5.02. The van der Waals surface area contributed by atoms with E-state index in [1.807, 2.05) is 0 Å². The Kier molecular flexibility index (Phi) is 2.15. The maximum atomic E-state index is 10.9. The van der Waals surface area contributed by atoms with E-state index in [-0.39, 0.29) is 10.0 Å². The van der Waals surface area contributed by atoms with Crippen molar-refractivity contribution in [2.24, 2.45) is 0 Å². The third kappa shape index (κ3) is 1.91. The minimum Gasteiger partial charge on any atom is -0.243 e. The number of sulfone groups is 1. The van der Waals surface area contributed by atoms with Crippen LogP contribution < -0.4 is 0 Å². The average Bonchev–Trinajstić information content (AvgIpc) is 1.86. The van der Waals surface area contributed by atoms with Crippen LogP contribution in [0.4, 0.5) is 0 Å². The molecule has 0 amide bonds. The number of halogens is 1. The summed E-state index contributed by atoms with van der Waals surface area (Å²) in [5, 5.41) is 0.00733. The summed E-state index contributed by atoms with van der Waals surface area (Å²) in [6, 6.07) is 3.93. The van der Waals surface area contributed by atoms with Crippen LogP contribution in [0.3, 0.4) is 0 Å². The van der Waals surface area contributed by atoms with Crippen molar-refractivity contribution in [1.82, 2.24) is 4.98 Å². The molecule has 11 heavy (non-hydrogen) atoms. The normalized spacial score (nSPS) is 11.5. The smallest absolute Gasteiger partial charge is 0.194 e. The Morgan fingerprint density at radius 3 is 2.64 bits per heavy atom. The second-order valence-electron chi connectivity index (χ2n) is 1.99. The van der Waals surface area contributed by atoms with E-state index in [2.05, 4.69) is 11.1 Å². The minimum atomic E-state index is -3.30. The van der Waals surface area contributed by atoms with Gasteiger partial charge in [0.05, 0.1) is 5.02 Å². The number of aromatic nitrogens is 1. The fraction of sp³-hybridized carbons (Fsp3) is 0.167. The van der Waals surface area contributed by atoms with E-state index >= 15 is 0 Å². The standard InChI is InChI=1S/C6H5ClNO2S/c1-11(9,10)6-5(7)3-2-4-8-6/h3-4H,1H3.